The van der Waals surface area contributed by atoms with Crippen LogP contribution in [0.3, 0.4) is 0 Å². The van der Waals surface area contributed by atoms with Crippen LogP contribution in [0.5, 0.6) is 0 Å². The van der Waals surface area contributed by atoms with Gasteiger partial charge in [-0.2, -0.15) is 4.57 Å². The highest BCUT2D eigenvalue weighted by Gasteiger charge is 2.34. The van der Waals surface area contributed by atoms with Gasteiger partial charge in [0, 0.05) is 21.9 Å². The summed E-state index contributed by atoms with van der Waals surface area (Å²) >= 11 is 0. The first-order chi connectivity index (χ1) is 16.8. The van der Waals surface area contributed by atoms with Crippen LogP contribution in [-0.4, -0.2) is 9.25 Å². The van der Waals surface area contributed by atoms with E-state index in [-0.39, 0.29) is 0 Å². The molecule has 5 nitrogen and oxygen atoms in total. The van der Waals surface area contributed by atoms with Gasteiger partial charge in [-0.25, -0.2) is 9.13 Å². The second-order valence-corrected chi connectivity index (χ2v) is 10.0. The van der Waals surface area contributed by atoms with Crippen LogP contribution in [-0.2, 0) is 21.1 Å². The molecule has 0 spiro atoms. The first kappa shape index (κ1) is 23.0. The summed E-state index contributed by atoms with van der Waals surface area (Å²) in [6.45, 7) is 9.17. The van der Waals surface area contributed by atoms with Crippen molar-refractivity contribution in [2.75, 3.05) is 0 Å². The van der Waals surface area contributed by atoms with Gasteiger partial charge in [-0.15, -0.1) is 0 Å². The zero-order valence-corrected chi connectivity index (χ0v) is 21.9. The van der Waals surface area contributed by atoms with E-state index in [1.165, 1.54) is 33.7 Å². The van der Waals surface area contributed by atoms with E-state index in [0.717, 1.165) is 11.5 Å². The van der Waals surface area contributed by atoms with Gasteiger partial charge in [0.15, 0.2) is 24.3 Å². The van der Waals surface area contributed by atoms with Crippen molar-refractivity contribution in [2.24, 2.45) is 21.1 Å². The number of aryl methyl sites for hydroxylation is 2. The standard InChI is InChI=1S/C30H36N5/c1-21(2)23-13-10-14-24(22(3)4)29(23)35-26-16-9-8-15-25(26)33(7)30(35)27-17-11-18-28(32(27)6)34-20-12-19-31(34)5/h8-22H,1-7H3/q+3. The van der Waals surface area contributed by atoms with E-state index in [1.54, 1.807) is 0 Å². The largest absolute Gasteiger partial charge is 0.342 e. The molecule has 3 aromatic heterocycles. The molecule has 0 unspecified atom stereocenters. The summed E-state index contributed by atoms with van der Waals surface area (Å²) in [7, 11) is 6.41. The van der Waals surface area contributed by atoms with Crippen molar-refractivity contribution in [1.29, 1.82) is 0 Å². The molecular weight excluding hydrogens is 430 g/mol. The third-order valence-electron chi connectivity index (χ3n) is 7.12. The lowest BCUT2D eigenvalue weighted by atomic mass is 9.92. The lowest BCUT2D eigenvalue weighted by Gasteiger charge is -2.18. The molecule has 5 aromatic rings. The van der Waals surface area contributed by atoms with Gasteiger partial charge in [0.2, 0.25) is 11.9 Å². The molecule has 0 aliphatic carbocycles. The van der Waals surface area contributed by atoms with Crippen LogP contribution in [0, 0.1) is 0 Å². The molecule has 0 atom stereocenters. The molecule has 0 saturated heterocycles. The highest BCUT2D eigenvalue weighted by molar-refractivity contribution is 5.79. The van der Waals surface area contributed by atoms with E-state index in [9.17, 15) is 0 Å². The Kier molecular flexibility index (Phi) is 5.79. The van der Waals surface area contributed by atoms with Crippen LogP contribution in [0.4, 0.5) is 0 Å². The van der Waals surface area contributed by atoms with E-state index in [1.807, 2.05) is 0 Å². The fraction of sp³-hybridized carbons (Fsp3) is 0.300. The first-order valence-corrected chi connectivity index (χ1v) is 12.5. The molecule has 0 radical (unpaired) electrons. The van der Waals surface area contributed by atoms with Gasteiger partial charge in [-0.05, 0) is 40.8 Å². The number of imidazole rings is 1. The van der Waals surface area contributed by atoms with E-state index in [0.29, 0.717) is 11.8 Å². The molecule has 0 amide bonds. The Morgan fingerprint density at radius 2 is 1.34 bits per heavy atom. The van der Waals surface area contributed by atoms with Crippen molar-refractivity contribution in [2.45, 2.75) is 39.5 Å². The molecule has 2 aromatic carbocycles. The quantitative estimate of drug-likeness (QED) is 0.332. The molecular formula is C30H36N5+3. The monoisotopic (exact) mass is 466 g/mol. The van der Waals surface area contributed by atoms with Crippen molar-refractivity contribution in [3.05, 3.63) is 90.3 Å². The van der Waals surface area contributed by atoms with Gasteiger partial charge >= 0.3 is 11.6 Å². The van der Waals surface area contributed by atoms with Crippen LogP contribution in [0.1, 0.15) is 50.7 Å². The molecule has 35 heavy (non-hydrogen) atoms. The number of nitrogens with zero attached hydrogens (tertiary/aromatic N) is 5. The Balaban J connectivity index is 1.93. The van der Waals surface area contributed by atoms with Crippen molar-refractivity contribution in [1.82, 2.24) is 9.25 Å². The maximum atomic E-state index is 2.49. The maximum absolute atomic E-state index is 2.49. The molecule has 0 saturated carbocycles. The molecule has 3 heterocycles. The molecule has 0 aliphatic heterocycles. The van der Waals surface area contributed by atoms with Crippen molar-refractivity contribution >= 4 is 11.0 Å². The third kappa shape index (κ3) is 3.66. The molecule has 0 bridgehead atoms. The Morgan fingerprint density at radius 3 is 1.97 bits per heavy atom. The van der Waals surface area contributed by atoms with Gasteiger partial charge in [0.25, 0.3) is 0 Å². The average Bonchev–Trinajstić information content (AvgIpc) is 3.39. The van der Waals surface area contributed by atoms with Crippen LogP contribution in [0.25, 0.3) is 34.1 Å². The number of hydrogen-bond donors (Lipinski definition) is 0. The molecule has 0 fully saturated rings. The lowest BCUT2D eigenvalue weighted by Crippen LogP contribution is -2.47. The number of aromatic nitrogens is 5. The predicted octanol–water partition coefficient (Wildman–Crippen LogP) is 4.81. The number of pyridine rings is 1. The van der Waals surface area contributed by atoms with E-state index in [4.69, 9.17) is 0 Å². The normalized spacial score (nSPS) is 11.8. The number of rotatable bonds is 5. The van der Waals surface area contributed by atoms with Crippen molar-refractivity contribution in [3.63, 3.8) is 0 Å². The van der Waals surface area contributed by atoms with Gasteiger partial charge in [-0.1, -0.05) is 58.0 Å². The molecule has 178 valence electrons. The average molecular weight is 467 g/mol. The smallest absolute Gasteiger partial charge is 0.222 e. The van der Waals surface area contributed by atoms with E-state index >= 15 is 0 Å². The summed E-state index contributed by atoms with van der Waals surface area (Å²) in [6.07, 6.45) is 4.16. The topological polar surface area (TPSA) is 21.5 Å². The van der Waals surface area contributed by atoms with Crippen LogP contribution >= 0.6 is 0 Å². The highest BCUT2D eigenvalue weighted by atomic mass is 15.4. The number of benzene rings is 2. The highest BCUT2D eigenvalue weighted by Crippen LogP contribution is 2.35. The lowest BCUT2D eigenvalue weighted by molar-refractivity contribution is -0.764. The summed E-state index contributed by atoms with van der Waals surface area (Å²) in [6, 6.07) is 24.2. The molecule has 0 N–H and O–H groups in total. The van der Waals surface area contributed by atoms with E-state index < -0.39 is 0 Å². The minimum atomic E-state index is 0.405. The zero-order chi connectivity index (χ0) is 24.9. The summed E-state index contributed by atoms with van der Waals surface area (Å²) in [5.74, 6) is 3.08. The number of fused-ring (bicyclic) bond motifs is 1. The van der Waals surface area contributed by atoms with Gasteiger partial charge in [0.05, 0.1) is 20.2 Å². The second kappa shape index (κ2) is 8.81. The fourth-order valence-electron chi connectivity index (χ4n) is 5.28. The third-order valence-corrected chi connectivity index (χ3v) is 7.12. The van der Waals surface area contributed by atoms with Gasteiger partial charge < -0.3 is 0 Å². The number of para-hydroxylation sites is 3. The summed E-state index contributed by atoms with van der Waals surface area (Å²) < 4.78 is 11.4. The van der Waals surface area contributed by atoms with Crippen LogP contribution in [0.2, 0.25) is 0 Å². The van der Waals surface area contributed by atoms with Crippen molar-refractivity contribution in [3.8, 4) is 23.0 Å². The molecule has 0 aliphatic rings. The predicted molar refractivity (Wildman–Crippen MR) is 140 cm³/mol. The Hall–Kier alpha value is -3.73. The first-order valence-electron chi connectivity index (χ1n) is 12.5. The summed E-state index contributed by atoms with van der Waals surface area (Å²) in [5, 5.41) is 0. The Bertz CT molecular complexity index is 1510. The number of hydrogen-bond acceptors (Lipinski definition) is 0. The van der Waals surface area contributed by atoms with Crippen LogP contribution in [0.15, 0.2) is 79.1 Å². The Labute approximate surface area is 208 Å². The minimum Gasteiger partial charge on any atom is -0.222 e. The zero-order valence-electron chi connectivity index (χ0n) is 21.9. The van der Waals surface area contributed by atoms with Gasteiger partial charge in [0.1, 0.15) is 5.69 Å². The van der Waals surface area contributed by atoms with Crippen molar-refractivity contribution < 1.29 is 13.8 Å². The maximum Gasteiger partial charge on any atom is 0.342 e. The summed E-state index contributed by atoms with van der Waals surface area (Å²) in [5.41, 5.74) is 7.64. The minimum absolute atomic E-state index is 0.405. The SMILES string of the molecule is CC(C)c1cccc(C(C)C)c1-n1c(-c2cccc(-n3ccc[n+]3C)[n+]2C)[n+](C)c2ccccc21. The Morgan fingerprint density at radius 1 is 0.686 bits per heavy atom. The van der Waals surface area contributed by atoms with Gasteiger partial charge in [-0.3, -0.25) is 0 Å². The van der Waals surface area contributed by atoms with E-state index in [2.05, 4.69) is 151 Å². The summed E-state index contributed by atoms with van der Waals surface area (Å²) in [4.78, 5) is 0. The van der Waals surface area contributed by atoms with Crippen LogP contribution < -0.4 is 13.8 Å². The fourth-order valence-corrected chi connectivity index (χ4v) is 5.28. The second-order valence-electron chi connectivity index (χ2n) is 10.0. The molecule has 5 heteroatoms. The molecule has 5 rings (SSSR count).